The van der Waals surface area contributed by atoms with Crippen molar-refractivity contribution in [2.24, 2.45) is 4.99 Å². The van der Waals surface area contributed by atoms with E-state index in [2.05, 4.69) is 20.9 Å². The number of hydrogen-bond donors (Lipinski definition) is 0. The third-order valence-electron chi connectivity index (χ3n) is 7.25. The molecule has 1 atom stereocenters. The Morgan fingerprint density at radius 2 is 1.74 bits per heavy atom. The fourth-order valence-electron chi connectivity index (χ4n) is 5.29. The number of esters is 2. The van der Waals surface area contributed by atoms with Gasteiger partial charge in [0.1, 0.15) is 5.75 Å². The van der Waals surface area contributed by atoms with E-state index in [0.29, 0.717) is 54.5 Å². The van der Waals surface area contributed by atoms with E-state index in [-0.39, 0.29) is 31.0 Å². The molecular weight excluding hydrogens is 676 g/mol. The van der Waals surface area contributed by atoms with E-state index >= 15 is 0 Å². The summed E-state index contributed by atoms with van der Waals surface area (Å²) in [6, 6.07) is 14.0. The van der Waals surface area contributed by atoms with Gasteiger partial charge in [0.05, 0.1) is 48.8 Å². The molecule has 1 aromatic heterocycles. The Labute approximate surface area is 277 Å². The van der Waals surface area contributed by atoms with Crippen molar-refractivity contribution in [3.63, 3.8) is 0 Å². The van der Waals surface area contributed by atoms with Gasteiger partial charge < -0.3 is 23.7 Å². The number of carbonyl (C=O) groups is 2. The van der Waals surface area contributed by atoms with Gasteiger partial charge in [0.2, 0.25) is 0 Å². The van der Waals surface area contributed by atoms with E-state index in [9.17, 15) is 14.4 Å². The van der Waals surface area contributed by atoms with Gasteiger partial charge in [-0.3, -0.25) is 9.36 Å². The average Bonchev–Trinajstić information content (AvgIpc) is 3.34. The van der Waals surface area contributed by atoms with Gasteiger partial charge in [-0.1, -0.05) is 57.6 Å². The van der Waals surface area contributed by atoms with Crippen LogP contribution in [0.3, 0.4) is 0 Å². The van der Waals surface area contributed by atoms with E-state index in [0.717, 1.165) is 10.8 Å². The fraction of sp³-hybridized carbons (Fsp3) is 0.294. The van der Waals surface area contributed by atoms with Crippen LogP contribution in [0.25, 0.3) is 16.8 Å². The number of aromatic nitrogens is 1. The second-order valence-corrected chi connectivity index (χ2v) is 11.9. The topological polar surface area (TPSA) is 115 Å². The molecule has 1 aliphatic rings. The smallest absolute Gasteiger partial charge is 0.344 e. The summed E-state index contributed by atoms with van der Waals surface area (Å²) in [5.41, 5.74) is 1.51. The highest BCUT2D eigenvalue weighted by molar-refractivity contribution is 9.10. The van der Waals surface area contributed by atoms with E-state index in [1.165, 1.54) is 23.0 Å². The molecule has 240 valence electrons. The molecule has 0 saturated heterocycles. The molecule has 0 radical (unpaired) electrons. The van der Waals surface area contributed by atoms with Crippen LogP contribution in [0.2, 0.25) is 0 Å². The Hall–Kier alpha value is -4.42. The molecule has 0 spiro atoms. The monoisotopic (exact) mass is 708 g/mol. The number of fused-ring (bicyclic) bond motifs is 2. The fourth-order valence-corrected chi connectivity index (χ4v) is 6.86. The largest absolute Gasteiger partial charge is 0.493 e. The highest BCUT2D eigenvalue weighted by Crippen LogP contribution is 2.41. The Balaban J connectivity index is 1.75. The standard InChI is InChI=1S/C34H33BrN2O8S/c1-6-42-27-17-24(35)23(15-26(27)41-5)31-30(33(40)44-8-3)19(4)36-34-37(31)32(39)28(46-34)16-22-21-12-10-9-11-20(21)13-14-25(22)45-18-29(38)43-7-2/h9-17,31H,6-8,18H2,1-5H3/b28-16+/t31-/m0/s1. The number of halogens is 1. The van der Waals surface area contributed by atoms with Crippen LogP contribution in [0.4, 0.5) is 0 Å². The minimum absolute atomic E-state index is 0.149. The van der Waals surface area contributed by atoms with Crippen LogP contribution in [0.1, 0.15) is 44.9 Å². The minimum atomic E-state index is -0.886. The van der Waals surface area contributed by atoms with Gasteiger partial charge in [0.15, 0.2) is 22.9 Å². The van der Waals surface area contributed by atoms with Crippen LogP contribution in [0.15, 0.2) is 74.1 Å². The lowest BCUT2D eigenvalue weighted by Crippen LogP contribution is -2.40. The van der Waals surface area contributed by atoms with Crippen LogP contribution in [-0.2, 0) is 19.1 Å². The molecular formula is C34H33BrN2O8S. The molecule has 4 aromatic rings. The first-order valence-corrected chi connectivity index (χ1v) is 16.3. The quantitative estimate of drug-likeness (QED) is 0.199. The summed E-state index contributed by atoms with van der Waals surface area (Å²) in [6.45, 7) is 7.56. The molecule has 0 bridgehead atoms. The van der Waals surface area contributed by atoms with E-state index < -0.39 is 18.0 Å². The number of hydrogen-bond acceptors (Lipinski definition) is 10. The molecule has 1 aliphatic heterocycles. The molecule has 3 aromatic carbocycles. The normalized spacial score (nSPS) is 14.5. The minimum Gasteiger partial charge on any atom is -0.493 e. The zero-order valence-electron chi connectivity index (χ0n) is 26.0. The molecule has 0 unspecified atom stereocenters. The number of ether oxygens (including phenoxy) is 5. The maximum atomic E-state index is 14.4. The van der Waals surface area contributed by atoms with Gasteiger partial charge in [-0.25, -0.2) is 14.6 Å². The second kappa shape index (κ2) is 14.3. The SMILES string of the molecule is CCOC(=O)COc1ccc2ccccc2c1/C=c1/sc2n(c1=O)[C@@H](c1cc(OC)c(OCC)cc1Br)C(C(=O)OCC)=C(C)N=2. The van der Waals surface area contributed by atoms with Crippen LogP contribution in [-0.4, -0.2) is 50.0 Å². The maximum absolute atomic E-state index is 14.4. The molecule has 10 nitrogen and oxygen atoms in total. The Morgan fingerprint density at radius 3 is 2.46 bits per heavy atom. The number of carbonyl (C=O) groups excluding carboxylic acids is 2. The van der Waals surface area contributed by atoms with Crippen molar-refractivity contribution >= 4 is 56.1 Å². The van der Waals surface area contributed by atoms with Gasteiger partial charge in [-0.2, -0.15) is 0 Å². The molecule has 0 saturated carbocycles. The van der Waals surface area contributed by atoms with Crippen molar-refractivity contribution < 1.29 is 33.3 Å². The zero-order chi connectivity index (χ0) is 33.0. The number of rotatable bonds is 11. The van der Waals surface area contributed by atoms with Crippen LogP contribution in [0, 0.1) is 0 Å². The molecule has 0 N–H and O–H groups in total. The lowest BCUT2D eigenvalue weighted by Gasteiger charge is -2.26. The number of thiazole rings is 1. The molecule has 0 aliphatic carbocycles. The van der Waals surface area contributed by atoms with Crippen LogP contribution >= 0.6 is 27.3 Å². The maximum Gasteiger partial charge on any atom is 0.344 e. The Kier molecular flexibility index (Phi) is 10.3. The molecule has 46 heavy (non-hydrogen) atoms. The first kappa shape index (κ1) is 33.0. The predicted octanol–water partition coefficient (Wildman–Crippen LogP) is 5.06. The predicted molar refractivity (Wildman–Crippen MR) is 178 cm³/mol. The average molecular weight is 710 g/mol. The summed E-state index contributed by atoms with van der Waals surface area (Å²) in [5.74, 6) is 0.291. The van der Waals surface area contributed by atoms with Crippen molar-refractivity contribution in [1.82, 2.24) is 4.57 Å². The highest BCUT2D eigenvalue weighted by atomic mass is 79.9. The molecule has 0 amide bonds. The van der Waals surface area contributed by atoms with Crippen molar-refractivity contribution in [2.75, 3.05) is 33.5 Å². The van der Waals surface area contributed by atoms with Gasteiger partial charge in [-0.05, 0) is 68.3 Å². The van der Waals surface area contributed by atoms with Gasteiger partial charge in [0.25, 0.3) is 5.56 Å². The number of nitrogens with zero attached hydrogens (tertiary/aromatic N) is 2. The van der Waals surface area contributed by atoms with E-state index in [1.807, 2.05) is 37.3 Å². The van der Waals surface area contributed by atoms with Gasteiger partial charge >= 0.3 is 11.9 Å². The molecule has 12 heteroatoms. The number of allylic oxidation sites excluding steroid dienone is 1. The van der Waals surface area contributed by atoms with Crippen molar-refractivity contribution in [2.45, 2.75) is 33.7 Å². The number of methoxy groups -OCH3 is 1. The first-order valence-electron chi connectivity index (χ1n) is 14.7. The van der Waals surface area contributed by atoms with Crippen LogP contribution in [0.5, 0.6) is 17.2 Å². The van der Waals surface area contributed by atoms with E-state index in [4.69, 9.17) is 23.7 Å². The summed E-state index contributed by atoms with van der Waals surface area (Å²) < 4.78 is 30.2. The summed E-state index contributed by atoms with van der Waals surface area (Å²) >= 11 is 4.84. The summed E-state index contributed by atoms with van der Waals surface area (Å²) in [4.78, 5) is 45.0. The van der Waals surface area contributed by atoms with E-state index in [1.54, 1.807) is 45.0 Å². The Bertz CT molecular complexity index is 2030. The lowest BCUT2D eigenvalue weighted by molar-refractivity contribution is -0.145. The molecule has 2 heterocycles. The first-order chi connectivity index (χ1) is 22.2. The third-order valence-corrected chi connectivity index (χ3v) is 8.92. The summed E-state index contributed by atoms with van der Waals surface area (Å²) in [6.07, 6.45) is 1.74. The van der Waals surface area contributed by atoms with Crippen LogP contribution < -0.4 is 29.1 Å². The molecule has 5 rings (SSSR count). The Morgan fingerprint density at radius 1 is 0.978 bits per heavy atom. The highest BCUT2D eigenvalue weighted by Gasteiger charge is 2.35. The van der Waals surface area contributed by atoms with Crippen molar-refractivity contribution in [1.29, 1.82) is 0 Å². The van der Waals surface area contributed by atoms with Crippen molar-refractivity contribution in [3.8, 4) is 17.2 Å². The second-order valence-electron chi connectivity index (χ2n) is 10.1. The molecule has 0 fully saturated rings. The number of benzene rings is 3. The van der Waals surface area contributed by atoms with Gasteiger partial charge in [-0.15, -0.1) is 0 Å². The van der Waals surface area contributed by atoms with Crippen molar-refractivity contribution in [3.05, 3.63) is 95.1 Å². The summed E-state index contributed by atoms with van der Waals surface area (Å²) in [5, 5.41) is 1.75. The lowest BCUT2D eigenvalue weighted by atomic mass is 9.95. The third kappa shape index (κ3) is 6.45. The van der Waals surface area contributed by atoms with Gasteiger partial charge in [0, 0.05) is 10.0 Å². The summed E-state index contributed by atoms with van der Waals surface area (Å²) in [7, 11) is 1.53. The zero-order valence-corrected chi connectivity index (χ0v) is 28.5.